The van der Waals surface area contributed by atoms with Gasteiger partial charge in [-0.25, -0.2) is 0 Å². The van der Waals surface area contributed by atoms with E-state index in [2.05, 4.69) is 6.92 Å². The zero-order valence-corrected chi connectivity index (χ0v) is 13.8. The molecule has 4 atom stereocenters. The Balaban J connectivity index is 2.18. The summed E-state index contributed by atoms with van der Waals surface area (Å²) in [5, 5.41) is 38.3. The predicted molar refractivity (Wildman–Crippen MR) is 82.5 cm³/mol. The number of aliphatic hydroxyl groups is 4. The van der Waals surface area contributed by atoms with Gasteiger partial charge in [-0.05, 0) is 6.42 Å². The van der Waals surface area contributed by atoms with Crippen LogP contribution in [0.15, 0.2) is 0 Å². The van der Waals surface area contributed by atoms with Crippen LogP contribution in [0, 0.1) is 0 Å². The van der Waals surface area contributed by atoms with Crippen molar-refractivity contribution < 1.29 is 34.7 Å². The van der Waals surface area contributed by atoms with Crippen LogP contribution in [-0.2, 0) is 14.3 Å². The van der Waals surface area contributed by atoms with E-state index < -0.39 is 43.3 Å². The monoisotopic (exact) mass is 334 g/mol. The van der Waals surface area contributed by atoms with Crippen LogP contribution in [-0.4, -0.2) is 63.7 Å². The van der Waals surface area contributed by atoms with E-state index in [1.807, 2.05) is 0 Å². The van der Waals surface area contributed by atoms with Gasteiger partial charge in [-0.3, -0.25) is 4.79 Å². The molecule has 23 heavy (non-hydrogen) atoms. The van der Waals surface area contributed by atoms with Crippen LogP contribution in [0.25, 0.3) is 0 Å². The normalized spacial score (nSPS) is 30.6. The molecular formula is C16H30O7. The lowest BCUT2D eigenvalue weighted by Gasteiger charge is -2.25. The summed E-state index contributed by atoms with van der Waals surface area (Å²) in [4.78, 5) is 11.6. The van der Waals surface area contributed by atoms with Gasteiger partial charge in [0, 0.05) is 6.42 Å². The Morgan fingerprint density at radius 2 is 1.74 bits per heavy atom. The Bertz CT molecular complexity index is 349. The third-order valence-electron chi connectivity index (χ3n) is 4.13. The summed E-state index contributed by atoms with van der Waals surface area (Å²) in [7, 11) is 0. The van der Waals surface area contributed by atoms with Gasteiger partial charge < -0.3 is 29.9 Å². The van der Waals surface area contributed by atoms with E-state index in [0.717, 1.165) is 12.8 Å². The molecule has 0 bridgehead atoms. The van der Waals surface area contributed by atoms with Crippen molar-refractivity contribution in [2.24, 2.45) is 0 Å². The van der Waals surface area contributed by atoms with Crippen molar-refractivity contribution in [2.45, 2.75) is 82.4 Å². The summed E-state index contributed by atoms with van der Waals surface area (Å²) in [6.45, 7) is 1.04. The number of hydrogen-bond acceptors (Lipinski definition) is 7. The highest BCUT2D eigenvalue weighted by atomic mass is 16.7. The molecule has 1 fully saturated rings. The molecule has 1 aliphatic heterocycles. The molecule has 7 heteroatoms. The van der Waals surface area contributed by atoms with E-state index >= 15 is 0 Å². The van der Waals surface area contributed by atoms with Crippen LogP contribution in [0.3, 0.4) is 0 Å². The molecule has 0 aliphatic carbocycles. The van der Waals surface area contributed by atoms with Crippen molar-refractivity contribution >= 4 is 5.97 Å². The lowest BCUT2D eigenvalue weighted by Crippen LogP contribution is -2.47. The molecule has 0 unspecified atom stereocenters. The van der Waals surface area contributed by atoms with Gasteiger partial charge in [-0.1, -0.05) is 45.4 Å². The lowest BCUT2D eigenvalue weighted by molar-refractivity contribution is -0.253. The molecular weight excluding hydrogens is 304 g/mol. The van der Waals surface area contributed by atoms with Gasteiger partial charge in [0.05, 0.1) is 6.61 Å². The molecule has 1 heterocycles. The van der Waals surface area contributed by atoms with E-state index in [1.165, 1.54) is 25.7 Å². The summed E-state index contributed by atoms with van der Waals surface area (Å²) in [5.74, 6) is -2.66. The van der Waals surface area contributed by atoms with Gasteiger partial charge >= 0.3 is 5.97 Å². The van der Waals surface area contributed by atoms with Crippen LogP contribution in [0.5, 0.6) is 0 Å². The molecule has 4 N–H and O–H groups in total. The van der Waals surface area contributed by atoms with E-state index in [0.29, 0.717) is 6.42 Å². The summed E-state index contributed by atoms with van der Waals surface area (Å²) < 4.78 is 9.90. The zero-order chi connectivity index (χ0) is 17.3. The Morgan fingerprint density at radius 1 is 1.13 bits per heavy atom. The maximum absolute atomic E-state index is 11.6. The molecule has 7 nitrogen and oxygen atoms in total. The number of carbonyl (C=O) groups excluding carboxylic acids is 1. The largest absolute Gasteiger partial charge is 0.460 e. The number of aliphatic hydroxyl groups excluding tert-OH is 3. The first-order valence-electron chi connectivity index (χ1n) is 8.47. The average molecular weight is 334 g/mol. The van der Waals surface area contributed by atoms with Crippen molar-refractivity contribution in [3.63, 3.8) is 0 Å². The lowest BCUT2D eigenvalue weighted by atomic mass is 10.1. The van der Waals surface area contributed by atoms with Crippen molar-refractivity contribution in [1.82, 2.24) is 0 Å². The third-order valence-corrected chi connectivity index (χ3v) is 4.13. The first-order chi connectivity index (χ1) is 10.9. The first kappa shape index (κ1) is 20.3. The number of hydrogen-bond donors (Lipinski definition) is 4. The second-order valence-electron chi connectivity index (χ2n) is 6.15. The second-order valence-corrected chi connectivity index (χ2v) is 6.15. The van der Waals surface area contributed by atoms with Crippen molar-refractivity contribution in [3.8, 4) is 0 Å². The Morgan fingerprint density at radius 3 is 2.30 bits per heavy atom. The first-order valence-corrected chi connectivity index (χ1v) is 8.47. The molecule has 0 aromatic carbocycles. The number of unbranched alkanes of at least 4 members (excludes halogenated alkanes) is 6. The highest BCUT2D eigenvalue weighted by Gasteiger charge is 2.54. The zero-order valence-electron chi connectivity index (χ0n) is 13.8. The number of esters is 1. The fourth-order valence-electron chi connectivity index (χ4n) is 2.62. The highest BCUT2D eigenvalue weighted by Crippen LogP contribution is 2.29. The molecule has 0 aromatic rings. The van der Waals surface area contributed by atoms with Crippen LogP contribution >= 0.6 is 0 Å². The smallest absolute Gasteiger partial charge is 0.305 e. The molecule has 0 spiro atoms. The molecule has 0 saturated carbocycles. The van der Waals surface area contributed by atoms with Gasteiger partial charge in [0.25, 0.3) is 0 Å². The van der Waals surface area contributed by atoms with E-state index in [9.17, 15) is 20.1 Å². The van der Waals surface area contributed by atoms with Crippen molar-refractivity contribution in [1.29, 1.82) is 0 Å². The highest BCUT2D eigenvalue weighted by molar-refractivity contribution is 5.69. The summed E-state index contributed by atoms with van der Waals surface area (Å²) in [6.07, 6.45) is 3.67. The molecule has 0 radical (unpaired) electrons. The van der Waals surface area contributed by atoms with Gasteiger partial charge in [-0.15, -0.1) is 0 Å². The summed E-state index contributed by atoms with van der Waals surface area (Å²) >= 11 is 0. The van der Waals surface area contributed by atoms with E-state index in [1.54, 1.807) is 0 Å². The van der Waals surface area contributed by atoms with Crippen LogP contribution in [0.4, 0.5) is 0 Å². The van der Waals surface area contributed by atoms with Crippen molar-refractivity contribution in [2.75, 3.05) is 13.2 Å². The van der Waals surface area contributed by atoms with Gasteiger partial charge in [0.15, 0.2) is 0 Å². The Kier molecular flexibility index (Phi) is 9.01. The Hall–Kier alpha value is -0.730. The van der Waals surface area contributed by atoms with Crippen LogP contribution < -0.4 is 0 Å². The van der Waals surface area contributed by atoms with E-state index in [-0.39, 0.29) is 6.42 Å². The minimum absolute atomic E-state index is 0.242. The quantitative estimate of drug-likeness (QED) is 0.320. The predicted octanol–water partition coefficient (Wildman–Crippen LogP) is 0.472. The third kappa shape index (κ3) is 6.35. The number of rotatable bonds is 11. The number of ether oxygens (including phenoxy) is 2. The van der Waals surface area contributed by atoms with Gasteiger partial charge in [0.1, 0.15) is 24.9 Å². The fraction of sp³-hybridized carbons (Fsp3) is 0.938. The molecule has 1 rings (SSSR count). The molecule has 136 valence electrons. The van der Waals surface area contributed by atoms with Gasteiger partial charge in [0.2, 0.25) is 5.79 Å². The molecule has 1 aliphatic rings. The SMILES string of the molecule is CCCCCCCCCC(=O)OC[C@@]1(O)O[C@H](CO)[C@@H](O)[C@@H]1O. The average Bonchev–Trinajstić information content (AvgIpc) is 2.76. The standard InChI is InChI=1S/C16H30O7/c1-2-3-4-5-6-7-8-9-13(18)22-11-16(21)15(20)14(19)12(10-17)23-16/h12,14-15,17,19-21H,2-11H2,1H3/t12-,14-,15+,16-/m1/s1. The fourth-order valence-corrected chi connectivity index (χ4v) is 2.62. The minimum Gasteiger partial charge on any atom is -0.460 e. The maximum Gasteiger partial charge on any atom is 0.305 e. The molecule has 0 aromatic heterocycles. The number of carbonyl (C=O) groups is 1. The van der Waals surface area contributed by atoms with E-state index in [4.69, 9.17) is 14.6 Å². The maximum atomic E-state index is 11.6. The topological polar surface area (TPSA) is 116 Å². The van der Waals surface area contributed by atoms with Crippen LogP contribution in [0.1, 0.15) is 58.3 Å². The summed E-state index contributed by atoms with van der Waals surface area (Å²) in [6, 6.07) is 0. The van der Waals surface area contributed by atoms with Crippen molar-refractivity contribution in [3.05, 3.63) is 0 Å². The summed E-state index contributed by atoms with van der Waals surface area (Å²) in [5.41, 5.74) is 0. The molecule has 1 saturated heterocycles. The van der Waals surface area contributed by atoms with Crippen LogP contribution in [0.2, 0.25) is 0 Å². The minimum atomic E-state index is -2.18. The van der Waals surface area contributed by atoms with Gasteiger partial charge in [-0.2, -0.15) is 0 Å². The molecule has 0 amide bonds. The Labute approximate surface area is 137 Å². The second kappa shape index (κ2) is 10.2.